The zero-order valence-electron chi connectivity index (χ0n) is 18.0. The van der Waals surface area contributed by atoms with Crippen molar-refractivity contribution < 1.29 is 28.2 Å². The number of halogens is 1. The summed E-state index contributed by atoms with van der Waals surface area (Å²) in [5.41, 5.74) is 3.15. The lowest BCUT2D eigenvalue weighted by Crippen LogP contribution is -2.41. The molecule has 0 saturated heterocycles. The van der Waals surface area contributed by atoms with Crippen molar-refractivity contribution >= 4 is 29.6 Å². The van der Waals surface area contributed by atoms with Gasteiger partial charge in [0.2, 0.25) is 0 Å². The summed E-state index contributed by atoms with van der Waals surface area (Å²) >= 11 is 0. The summed E-state index contributed by atoms with van der Waals surface area (Å²) in [6, 6.07) is 10.0. The number of anilines is 1. The van der Waals surface area contributed by atoms with E-state index in [-0.39, 0.29) is 12.6 Å². The van der Waals surface area contributed by atoms with E-state index in [0.717, 1.165) is 0 Å². The standard InChI is InChI=1S/C22H25FN4O5/c1-4-31-19-11-15(12-24-27-22(30)21(29)25-14(2)3)5-10-18(19)32-13-20(28)26-17-8-6-16(23)7-9-17/h5-12,14H,4,13H2,1-3H3,(H,25,29)(H,26,28)(H,27,30)/b24-12-. The lowest BCUT2D eigenvalue weighted by atomic mass is 10.2. The largest absolute Gasteiger partial charge is 0.490 e. The molecule has 2 aromatic carbocycles. The molecular weight excluding hydrogens is 419 g/mol. The minimum Gasteiger partial charge on any atom is -0.490 e. The number of ether oxygens (including phenoxy) is 2. The fraction of sp³-hybridized carbons (Fsp3) is 0.273. The summed E-state index contributed by atoms with van der Waals surface area (Å²) in [5.74, 6) is -1.79. The molecule has 0 aliphatic rings. The van der Waals surface area contributed by atoms with Crippen molar-refractivity contribution in [1.82, 2.24) is 10.7 Å². The third-order valence-electron chi connectivity index (χ3n) is 3.76. The number of hydrogen-bond donors (Lipinski definition) is 3. The summed E-state index contributed by atoms with van der Waals surface area (Å²) in [5, 5.41) is 8.81. The predicted octanol–water partition coefficient (Wildman–Crippen LogP) is 2.22. The average molecular weight is 444 g/mol. The number of benzene rings is 2. The number of nitrogens with one attached hydrogen (secondary N) is 3. The fourth-order valence-electron chi connectivity index (χ4n) is 2.41. The first-order chi connectivity index (χ1) is 15.3. The van der Waals surface area contributed by atoms with Crippen LogP contribution < -0.4 is 25.5 Å². The summed E-state index contributed by atoms with van der Waals surface area (Å²) in [6.07, 6.45) is 1.34. The molecule has 0 unspecified atom stereocenters. The Kier molecular flexibility index (Phi) is 9.15. The summed E-state index contributed by atoms with van der Waals surface area (Å²) in [6.45, 7) is 5.33. The van der Waals surface area contributed by atoms with Gasteiger partial charge in [-0.2, -0.15) is 5.10 Å². The van der Waals surface area contributed by atoms with E-state index in [0.29, 0.717) is 29.4 Å². The SMILES string of the molecule is CCOc1cc(/C=N\NC(=O)C(=O)NC(C)C)ccc1OCC(=O)Nc1ccc(F)cc1. The highest BCUT2D eigenvalue weighted by atomic mass is 19.1. The smallest absolute Gasteiger partial charge is 0.329 e. The van der Waals surface area contributed by atoms with Crippen LogP contribution in [0.4, 0.5) is 10.1 Å². The molecule has 0 aromatic heterocycles. The first-order valence-corrected chi connectivity index (χ1v) is 9.87. The Hall–Kier alpha value is -3.95. The van der Waals surface area contributed by atoms with Gasteiger partial charge in [-0.1, -0.05) is 0 Å². The second-order valence-corrected chi connectivity index (χ2v) is 6.81. The normalized spacial score (nSPS) is 10.7. The molecule has 0 aliphatic carbocycles. The van der Waals surface area contributed by atoms with Crippen molar-refractivity contribution in [2.45, 2.75) is 26.8 Å². The van der Waals surface area contributed by atoms with Crippen LogP contribution in [0.2, 0.25) is 0 Å². The average Bonchev–Trinajstić information content (AvgIpc) is 2.74. The molecule has 0 radical (unpaired) electrons. The number of carbonyl (C=O) groups excluding carboxylic acids is 3. The Morgan fingerprint density at radius 1 is 1.03 bits per heavy atom. The van der Waals surface area contributed by atoms with E-state index in [4.69, 9.17) is 9.47 Å². The summed E-state index contributed by atoms with van der Waals surface area (Å²) < 4.78 is 24.0. The molecule has 0 spiro atoms. The number of nitrogens with zero attached hydrogens (tertiary/aromatic N) is 1. The first-order valence-electron chi connectivity index (χ1n) is 9.87. The molecule has 0 aliphatic heterocycles. The predicted molar refractivity (Wildman–Crippen MR) is 117 cm³/mol. The second-order valence-electron chi connectivity index (χ2n) is 6.81. The maximum Gasteiger partial charge on any atom is 0.329 e. The van der Waals surface area contributed by atoms with E-state index < -0.39 is 23.5 Å². The van der Waals surface area contributed by atoms with Gasteiger partial charge >= 0.3 is 11.8 Å². The van der Waals surface area contributed by atoms with Crippen molar-refractivity contribution in [2.24, 2.45) is 5.10 Å². The minimum absolute atomic E-state index is 0.170. The molecule has 9 nitrogen and oxygen atoms in total. The molecule has 2 aromatic rings. The fourth-order valence-corrected chi connectivity index (χ4v) is 2.41. The van der Waals surface area contributed by atoms with Crippen molar-refractivity contribution in [1.29, 1.82) is 0 Å². The molecule has 170 valence electrons. The van der Waals surface area contributed by atoms with Gasteiger partial charge in [0, 0.05) is 11.7 Å². The molecule has 32 heavy (non-hydrogen) atoms. The van der Waals surface area contributed by atoms with Gasteiger partial charge in [-0.15, -0.1) is 0 Å². The zero-order chi connectivity index (χ0) is 23.5. The van der Waals surface area contributed by atoms with Gasteiger partial charge in [0.25, 0.3) is 5.91 Å². The van der Waals surface area contributed by atoms with Crippen LogP contribution in [-0.4, -0.2) is 43.2 Å². The van der Waals surface area contributed by atoms with Crippen LogP contribution in [0.15, 0.2) is 47.6 Å². The Morgan fingerprint density at radius 3 is 2.41 bits per heavy atom. The lowest BCUT2D eigenvalue weighted by Gasteiger charge is -2.12. The van der Waals surface area contributed by atoms with Gasteiger partial charge in [0.05, 0.1) is 12.8 Å². The highest BCUT2D eigenvalue weighted by Crippen LogP contribution is 2.28. The third kappa shape index (κ3) is 8.05. The number of rotatable bonds is 9. The molecule has 10 heteroatoms. The van der Waals surface area contributed by atoms with E-state index in [2.05, 4.69) is 21.2 Å². The molecule has 3 N–H and O–H groups in total. The number of carbonyl (C=O) groups is 3. The Balaban J connectivity index is 1.96. The van der Waals surface area contributed by atoms with E-state index in [1.165, 1.54) is 30.5 Å². The highest BCUT2D eigenvalue weighted by Gasteiger charge is 2.13. The van der Waals surface area contributed by atoms with Gasteiger partial charge in [-0.25, -0.2) is 9.82 Å². The van der Waals surface area contributed by atoms with Crippen molar-refractivity contribution in [2.75, 3.05) is 18.5 Å². The Bertz CT molecular complexity index is 977. The van der Waals surface area contributed by atoms with Gasteiger partial charge in [-0.3, -0.25) is 14.4 Å². The lowest BCUT2D eigenvalue weighted by molar-refractivity contribution is -0.139. The monoisotopic (exact) mass is 444 g/mol. The summed E-state index contributed by atoms with van der Waals surface area (Å²) in [4.78, 5) is 35.3. The number of amides is 3. The van der Waals surface area contributed by atoms with E-state index >= 15 is 0 Å². The number of hydrogen-bond acceptors (Lipinski definition) is 6. The van der Waals surface area contributed by atoms with E-state index in [1.54, 1.807) is 39.0 Å². The molecule has 3 amide bonds. The molecule has 0 bridgehead atoms. The van der Waals surface area contributed by atoms with Gasteiger partial charge in [0.15, 0.2) is 18.1 Å². The van der Waals surface area contributed by atoms with Crippen LogP contribution in [0.5, 0.6) is 11.5 Å². The van der Waals surface area contributed by atoms with Crippen LogP contribution in [-0.2, 0) is 14.4 Å². The van der Waals surface area contributed by atoms with Crippen LogP contribution >= 0.6 is 0 Å². The Morgan fingerprint density at radius 2 is 1.75 bits per heavy atom. The number of hydrazone groups is 1. The van der Waals surface area contributed by atoms with Gasteiger partial charge in [-0.05, 0) is 68.8 Å². The maximum absolute atomic E-state index is 12.9. The van der Waals surface area contributed by atoms with Crippen LogP contribution in [0, 0.1) is 5.82 Å². The molecule has 0 atom stereocenters. The zero-order valence-corrected chi connectivity index (χ0v) is 18.0. The summed E-state index contributed by atoms with van der Waals surface area (Å²) in [7, 11) is 0. The van der Waals surface area contributed by atoms with Crippen LogP contribution in [0.3, 0.4) is 0 Å². The maximum atomic E-state index is 12.9. The molecular formula is C22H25FN4O5. The van der Waals surface area contributed by atoms with Crippen LogP contribution in [0.25, 0.3) is 0 Å². The third-order valence-corrected chi connectivity index (χ3v) is 3.76. The van der Waals surface area contributed by atoms with Crippen molar-refractivity contribution in [3.05, 3.63) is 53.8 Å². The van der Waals surface area contributed by atoms with Crippen molar-refractivity contribution in [3.63, 3.8) is 0 Å². The van der Waals surface area contributed by atoms with Gasteiger partial charge in [0.1, 0.15) is 5.82 Å². The van der Waals surface area contributed by atoms with E-state index in [9.17, 15) is 18.8 Å². The Labute approximate surface area is 185 Å². The molecule has 0 heterocycles. The first kappa shape index (κ1) is 24.3. The minimum atomic E-state index is -0.882. The second kappa shape index (κ2) is 12.0. The molecule has 2 rings (SSSR count). The van der Waals surface area contributed by atoms with Gasteiger partial charge < -0.3 is 20.1 Å². The molecule has 0 fully saturated rings. The highest BCUT2D eigenvalue weighted by molar-refractivity contribution is 6.35. The van der Waals surface area contributed by atoms with Crippen LogP contribution in [0.1, 0.15) is 26.3 Å². The molecule has 0 saturated carbocycles. The van der Waals surface area contributed by atoms with Crippen molar-refractivity contribution in [3.8, 4) is 11.5 Å². The topological polar surface area (TPSA) is 118 Å². The van der Waals surface area contributed by atoms with E-state index in [1.807, 2.05) is 0 Å². The quantitative estimate of drug-likeness (QED) is 0.311.